The first-order valence-electron chi connectivity index (χ1n) is 8.90. The molecule has 0 radical (unpaired) electrons. The molecule has 0 spiro atoms. The van der Waals surface area contributed by atoms with Gasteiger partial charge in [0.05, 0.1) is 15.4 Å². The van der Waals surface area contributed by atoms with Crippen molar-refractivity contribution in [2.24, 2.45) is 0 Å². The van der Waals surface area contributed by atoms with Gasteiger partial charge in [0.1, 0.15) is 0 Å². The van der Waals surface area contributed by atoms with Gasteiger partial charge in [0.15, 0.2) is 0 Å². The third-order valence-electron chi connectivity index (χ3n) is 5.30. The standard InChI is InChI=1S/C21H21ClN2O2S/c1-14-6-7-17(12-15(14)2)27(25,26)24-10-8-16(9-11-24)19-13-23-21-18(19)4-3-5-20(21)22/h3-8,12-13,23H,9-11H2,1-2H3. The minimum absolute atomic E-state index is 0.362. The van der Waals surface area contributed by atoms with Gasteiger partial charge in [-0.15, -0.1) is 0 Å². The van der Waals surface area contributed by atoms with Crippen molar-refractivity contribution in [3.05, 3.63) is 70.4 Å². The van der Waals surface area contributed by atoms with Gasteiger partial charge in [-0.1, -0.05) is 35.9 Å². The van der Waals surface area contributed by atoms with Gasteiger partial charge < -0.3 is 4.98 Å². The molecule has 1 aliphatic heterocycles. The lowest BCUT2D eigenvalue weighted by Gasteiger charge is -2.26. The van der Waals surface area contributed by atoms with Crippen LogP contribution in [0.5, 0.6) is 0 Å². The van der Waals surface area contributed by atoms with E-state index in [-0.39, 0.29) is 0 Å². The summed E-state index contributed by atoms with van der Waals surface area (Å²) < 4.78 is 27.5. The number of H-pyrrole nitrogens is 1. The van der Waals surface area contributed by atoms with Crippen LogP contribution in [0.3, 0.4) is 0 Å². The monoisotopic (exact) mass is 400 g/mol. The summed E-state index contributed by atoms with van der Waals surface area (Å²) in [4.78, 5) is 3.59. The van der Waals surface area contributed by atoms with Crippen LogP contribution in [0.2, 0.25) is 5.02 Å². The molecule has 2 heterocycles. The number of benzene rings is 2. The van der Waals surface area contributed by atoms with Crippen molar-refractivity contribution in [2.45, 2.75) is 25.2 Å². The van der Waals surface area contributed by atoms with Gasteiger partial charge in [0.25, 0.3) is 0 Å². The Morgan fingerprint density at radius 2 is 1.93 bits per heavy atom. The first kappa shape index (κ1) is 18.3. The molecule has 3 aromatic rings. The van der Waals surface area contributed by atoms with E-state index in [1.165, 1.54) is 0 Å². The lowest BCUT2D eigenvalue weighted by atomic mass is 10.00. The van der Waals surface area contributed by atoms with Gasteiger partial charge in [0.2, 0.25) is 10.0 Å². The quantitative estimate of drug-likeness (QED) is 0.678. The van der Waals surface area contributed by atoms with E-state index in [1.54, 1.807) is 16.4 Å². The molecule has 0 atom stereocenters. The van der Waals surface area contributed by atoms with E-state index in [9.17, 15) is 8.42 Å². The van der Waals surface area contributed by atoms with Gasteiger partial charge in [-0.2, -0.15) is 4.31 Å². The molecule has 27 heavy (non-hydrogen) atoms. The maximum absolute atomic E-state index is 13.0. The maximum Gasteiger partial charge on any atom is 0.243 e. The number of sulfonamides is 1. The Labute approximate surface area is 164 Å². The van der Waals surface area contributed by atoms with Gasteiger partial charge in [-0.3, -0.25) is 0 Å². The fourth-order valence-electron chi connectivity index (χ4n) is 3.52. The van der Waals surface area contributed by atoms with E-state index in [0.29, 0.717) is 29.4 Å². The Balaban J connectivity index is 1.62. The minimum atomic E-state index is -3.48. The largest absolute Gasteiger partial charge is 0.359 e. The average molecular weight is 401 g/mol. The van der Waals surface area contributed by atoms with Crippen LogP contribution in [0.25, 0.3) is 16.5 Å². The number of para-hydroxylation sites is 1. The van der Waals surface area contributed by atoms with E-state index in [4.69, 9.17) is 11.6 Å². The summed E-state index contributed by atoms with van der Waals surface area (Å²) in [5.74, 6) is 0. The summed E-state index contributed by atoms with van der Waals surface area (Å²) >= 11 is 6.25. The highest BCUT2D eigenvalue weighted by Gasteiger charge is 2.27. The Hall–Kier alpha value is -2.08. The number of rotatable bonds is 3. The number of halogens is 1. The zero-order valence-electron chi connectivity index (χ0n) is 15.3. The molecule has 0 fully saturated rings. The van der Waals surface area contributed by atoms with Crippen LogP contribution < -0.4 is 0 Å². The molecule has 0 saturated heterocycles. The third-order valence-corrected chi connectivity index (χ3v) is 7.47. The van der Waals surface area contributed by atoms with Crippen molar-refractivity contribution in [2.75, 3.05) is 13.1 Å². The van der Waals surface area contributed by atoms with Gasteiger partial charge in [-0.05, 0) is 55.2 Å². The number of aryl methyl sites for hydroxylation is 2. The van der Waals surface area contributed by atoms with Crippen LogP contribution in [0.1, 0.15) is 23.1 Å². The lowest BCUT2D eigenvalue weighted by Crippen LogP contribution is -2.34. The second kappa shape index (κ2) is 6.82. The predicted molar refractivity (Wildman–Crippen MR) is 111 cm³/mol. The molecular formula is C21H21ClN2O2S. The number of hydrogen-bond donors (Lipinski definition) is 1. The van der Waals surface area contributed by atoms with Crippen LogP contribution in [-0.4, -0.2) is 30.8 Å². The molecule has 0 saturated carbocycles. The van der Waals surface area contributed by atoms with Gasteiger partial charge in [-0.25, -0.2) is 8.42 Å². The number of aromatic amines is 1. The van der Waals surface area contributed by atoms with Crippen molar-refractivity contribution in [3.8, 4) is 0 Å². The summed E-state index contributed by atoms with van der Waals surface area (Å²) in [6.07, 6.45) is 4.63. The summed E-state index contributed by atoms with van der Waals surface area (Å²) in [6.45, 7) is 4.76. The molecule has 1 N–H and O–H groups in total. The smallest absolute Gasteiger partial charge is 0.243 e. The molecule has 2 aromatic carbocycles. The second-order valence-corrected chi connectivity index (χ2v) is 9.30. The fourth-order valence-corrected chi connectivity index (χ4v) is 5.22. The molecular weight excluding hydrogens is 380 g/mol. The SMILES string of the molecule is Cc1ccc(S(=O)(=O)N2CC=C(c3c[nH]c4c(Cl)cccc34)CC2)cc1C. The van der Waals surface area contributed by atoms with E-state index in [1.807, 2.05) is 50.4 Å². The number of aromatic nitrogens is 1. The van der Waals surface area contributed by atoms with Crippen molar-refractivity contribution >= 4 is 38.1 Å². The highest BCUT2D eigenvalue weighted by Crippen LogP contribution is 2.33. The topological polar surface area (TPSA) is 53.2 Å². The third kappa shape index (κ3) is 3.20. The second-order valence-electron chi connectivity index (χ2n) is 6.95. The van der Waals surface area contributed by atoms with E-state index in [0.717, 1.165) is 33.2 Å². The predicted octanol–water partition coefficient (Wildman–Crippen LogP) is 4.92. The normalized spacial score (nSPS) is 15.9. The molecule has 4 nitrogen and oxygen atoms in total. The Morgan fingerprint density at radius 1 is 1.11 bits per heavy atom. The van der Waals surface area contributed by atoms with E-state index in [2.05, 4.69) is 4.98 Å². The minimum Gasteiger partial charge on any atom is -0.359 e. The first-order valence-corrected chi connectivity index (χ1v) is 10.7. The number of nitrogens with zero attached hydrogens (tertiary/aromatic N) is 1. The Bertz CT molecular complexity index is 1160. The zero-order valence-corrected chi connectivity index (χ0v) is 16.9. The molecule has 4 rings (SSSR count). The van der Waals surface area contributed by atoms with Crippen molar-refractivity contribution < 1.29 is 8.42 Å². The average Bonchev–Trinajstić information content (AvgIpc) is 3.09. The zero-order chi connectivity index (χ0) is 19.2. The maximum atomic E-state index is 13.0. The van der Waals surface area contributed by atoms with Gasteiger partial charge >= 0.3 is 0 Å². The van der Waals surface area contributed by atoms with Crippen LogP contribution in [0, 0.1) is 13.8 Å². The number of nitrogens with one attached hydrogen (secondary N) is 1. The highest BCUT2D eigenvalue weighted by molar-refractivity contribution is 7.89. The van der Waals surface area contributed by atoms with Gasteiger partial charge in [0, 0.05) is 30.2 Å². The summed E-state index contributed by atoms with van der Waals surface area (Å²) in [5, 5.41) is 1.76. The highest BCUT2D eigenvalue weighted by atomic mass is 35.5. The Morgan fingerprint density at radius 3 is 2.63 bits per heavy atom. The summed E-state index contributed by atoms with van der Waals surface area (Å²) in [6, 6.07) is 11.1. The summed E-state index contributed by atoms with van der Waals surface area (Å²) in [5.41, 5.74) is 5.23. The first-order chi connectivity index (χ1) is 12.9. The van der Waals surface area contributed by atoms with Crippen molar-refractivity contribution in [1.82, 2.24) is 9.29 Å². The number of hydrogen-bond acceptors (Lipinski definition) is 2. The lowest BCUT2D eigenvalue weighted by molar-refractivity contribution is 0.441. The van der Waals surface area contributed by atoms with Crippen LogP contribution in [0.15, 0.2) is 53.6 Å². The number of fused-ring (bicyclic) bond motifs is 1. The summed E-state index contributed by atoms with van der Waals surface area (Å²) in [7, 11) is -3.48. The van der Waals surface area contributed by atoms with Crippen LogP contribution >= 0.6 is 11.6 Å². The molecule has 6 heteroatoms. The van der Waals surface area contributed by atoms with Crippen LogP contribution in [0.4, 0.5) is 0 Å². The fraction of sp³-hybridized carbons (Fsp3) is 0.238. The molecule has 0 bridgehead atoms. The van der Waals surface area contributed by atoms with E-state index < -0.39 is 10.0 Å². The molecule has 140 valence electrons. The van der Waals surface area contributed by atoms with E-state index >= 15 is 0 Å². The Kier molecular flexibility index (Phi) is 4.62. The molecule has 0 unspecified atom stereocenters. The molecule has 1 aliphatic rings. The van der Waals surface area contributed by atoms with Crippen molar-refractivity contribution in [3.63, 3.8) is 0 Å². The molecule has 0 aliphatic carbocycles. The molecule has 0 amide bonds. The van der Waals surface area contributed by atoms with Crippen LogP contribution in [-0.2, 0) is 10.0 Å². The van der Waals surface area contributed by atoms with Crippen molar-refractivity contribution in [1.29, 1.82) is 0 Å². The molecule has 1 aromatic heterocycles.